The molecule has 1 aliphatic rings. The van der Waals surface area contributed by atoms with Crippen molar-refractivity contribution >= 4 is 34.7 Å². The topological polar surface area (TPSA) is 70.8 Å². The lowest BCUT2D eigenvalue weighted by Gasteiger charge is -2.25. The molecule has 1 saturated heterocycles. The Bertz CT molecular complexity index is 1150. The smallest absolute Gasteiger partial charge is 0.300 e. The quantitative estimate of drug-likeness (QED) is 0.318. The van der Waals surface area contributed by atoms with Gasteiger partial charge in [0.05, 0.1) is 11.8 Å². The second-order valence-electron chi connectivity index (χ2n) is 8.49. The summed E-state index contributed by atoms with van der Waals surface area (Å²) in [6.07, 6.45) is 1.47. The standard InChI is InChI=1S/C25H22ClNO4/c1-25(2,3)16-8-12-18(13-9-16)27-21(19-5-4-14-31-19)20(23(29)24(27)30)22(28)15-6-10-17(26)11-7-15/h4-14,21,28H,1-3H3/b22-20-. The number of furan rings is 1. The van der Waals surface area contributed by atoms with Crippen molar-refractivity contribution in [1.29, 1.82) is 0 Å². The molecule has 1 unspecified atom stereocenters. The number of ketones is 1. The summed E-state index contributed by atoms with van der Waals surface area (Å²) in [5.41, 5.74) is 1.96. The number of carbonyl (C=O) groups excluding carboxylic acids is 2. The monoisotopic (exact) mass is 435 g/mol. The van der Waals surface area contributed by atoms with E-state index in [0.717, 1.165) is 5.56 Å². The van der Waals surface area contributed by atoms with Gasteiger partial charge in [0.25, 0.3) is 11.7 Å². The lowest BCUT2D eigenvalue weighted by molar-refractivity contribution is -0.132. The Balaban J connectivity index is 1.86. The van der Waals surface area contributed by atoms with Crippen molar-refractivity contribution in [2.45, 2.75) is 32.2 Å². The first kappa shape index (κ1) is 20.9. The molecular formula is C25H22ClNO4. The number of amides is 1. The van der Waals surface area contributed by atoms with Gasteiger partial charge < -0.3 is 9.52 Å². The number of halogens is 1. The molecule has 0 spiro atoms. The van der Waals surface area contributed by atoms with Crippen molar-refractivity contribution in [1.82, 2.24) is 0 Å². The molecule has 6 heteroatoms. The maximum Gasteiger partial charge on any atom is 0.300 e. The van der Waals surface area contributed by atoms with Crippen LogP contribution in [-0.4, -0.2) is 16.8 Å². The fourth-order valence-electron chi connectivity index (χ4n) is 3.70. The zero-order chi connectivity index (χ0) is 22.3. The van der Waals surface area contributed by atoms with Crippen LogP contribution < -0.4 is 4.90 Å². The average Bonchev–Trinajstić information content (AvgIpc) is 3.35. The highest BCUT2D eigenvalue weighted by molar-refractivity contribution is 6.51. The van der Waals surface area contributed by atoms with Gasteiger partial charge in [-0.05, 0) is 59.5 Å². The molecule has 1 atom stereocenters. The maximum absolute atomic E-state index is 13.1. The van der Waals surface area contributed by atoms with E-state index in [-0.39, 0.29) is 16.7 Å². The highest BCUT2D eigenvalue weighted by Gasteiger charge is 2.48. The number of carbonyl (C=O) groups is 2. The summed E-state index contributed by atoms with van der Waals surface area (Å²) in [7, 11) is 0. The largest absolute Gasteiger partial charge is 0.507 e. The molecule has 0 radical (unpaired) electrons. The van der Waals surface area contributed by atoms with Crippen LogP contribution in [0.15, 0.2) is 76.9 Å². The Morgan fingerprint density at radius 2 is 1.65 bits per heavy atom. The number of nitrogens with zero attached hydrogens (tertiary/aromatic N) is 1. The number of hydrogen-bond donors (Lipinski definition) is 1. The number of Topliss-reactive ketones (excluding diaryl/α,β-unsaturated/α-hetero) is 1. The number of aliphatic hydroxyl groups excluding tert-OH is 1. The van der Waals surface area contributed by atoms with Crippen LogP contribution in [-0.2, 0) is 15.0 Å². The maximum atomic E-state index is 13.1. The number of aliphatic hydroxyl groups is 1. The molecule has 1 fully saturated rings. The minimum Gasteiger partial charge on any atom is -0.507 e. The van der Waals surface area contributed by atoms with Crippen molar-refractivity contribution < 1.29 is 19.1 Å². The van der Waals surface area contributed by atoms with Crippen LogP contribution in [0.2, 0.25) is 5.02 Å². The Hall–Kier alpha value is -3.31. The fourth-order valence-corrected chi connectivity index (χ4v) is 3.83. The molecule has 4 rings (SSSR count). The SMILES string of the molecule is CC(C)(C)c1ccc(N2C(=O)C(=O)/C(=C(\O)c3ccc(Cl)cc3)C2c2ccco2)cc1. The minimum atomic E-state index is -0.883. The lowest BCUT2D eigenvalue weighted by Crippen LogP contribution is -2.29. The molecule has 0 saturated carbocycles. The van der Waals surface area contributed by atoms with Gasteiger partial charge in [0, 0.05) is 16.3 Å². The molecule has 0 aliphatic carbocycles. The van der Waals surface area contributed by atoms with Crippen molar-refractivity contribution in [3.05, 3.63) is 94.4 Å². The average molecular weight is 436 g/mol. The number of anilines is 1. The van der Waals surface area contributed by atoms with Gasteiger partial charge in [-0.1, -0.05) is 44.5 Å². The third kappa shape index (κ3) is 3.77. The minimum absolute atomic E-state index is 0.0258. The number of rotatable bonds is 3. The summed E-state index contributed by atoms with van der Waals surface area (Å²) in [5, 5.41) is 11.5. The van der Waals surface area contributed by atoms with Crippen molar-refractivity contribution in [3.8, 4) is 0 Å². The molecule has 1 N–H and O–H groups in total. The Morgan fingerprint density at radius 1 is 1.00 bits per heavy atom. The Kier molecular flexibility index (Phi) is 5.23. The van der Waals surface area contributed by atoms with Gasteiger partial charge in [-0.25, -0.2) is 0 Å². The molecule has 1 amide bonds. The molecule has 158 valence electrons. The van der Waals surface area contributed by atoms with E-state index in [1.54, 1.807) is 36.4 Å². The molecule has 1 aliphatic heterocycles. The van der Waals surface area contributed by atoms with E-state index in [0.29, 0.717) is 22.0 Å². The molecule has 3 aromatic rings. The highest BCUT2D eigenvalue weighted by atomic mass is 35.5. The van der Waals surface area contributed by atoms with Crippen molar-refractivity contribution in [2.24, 2.45) is 0 Å². The fraction of sp³-hybridized carbons (Fsp3) is 0.200. The Labute approximate surface area is 185 Å². The van der Waals surface area contributed by atoms with Crippen molar-refractivity contribution in [3.63, 3.8) is 0 Å². The van der Waals surface area contributed by atoms with E-state index >= 15 is 0 Å². The first-order valence-electron chi connectivity index (χ1n) is 9.89. The third-order valence-electron chi connectivity index (χ3n) is 5.39. The van der Waals surface area contributed by atoms with Gasteiger partial charge in [-0.2, -0.15) is 0 Å². The summed E-state index contributed by atoms with van der Waals surface area (Å²) >= 11 is 5.94. The third-order valence-corrected chi connectivity index (χ3v) is 5.64. The Morgan fingerprint density at radius 3 is 2.19 bits per heavy atom. The van der Waals surface area contributed by atoms with Gasteiger partial charge in [0.15, 0.2) is 0 Å². The molecular weight excluding hydrogens is 414 g/mol. The van der Waals surface area contributed by atoms with Crippen LogP contribution in [0, 0.1) is 0 Å². The van der Waals surface area contributed by atoms with Crippen LogP contribution in [0.3, 0.4) is 0 Å². The van der Waals surface area contributed by atoms with Gasteiger partial charge in [-0.3, -0.25) is 14.5 Å². The first-order valence-corrected chi connectivity index (χ1v) is 10.3. The van der Waals surface area contributed by atoms with Gasteiger partial charge >= 0.3 is 0 Å². The molecule has 0 bridgehead atoms. The summed E-state index contributed by atoms with van der Waals surface area (Å²) in [4.78, 5) is 27.5. The van der Waals surface area contributed by atoms with E-state index in [1.165, 1.54) is 11.2 Å². The van der Waals surface area contributed by atoms with Gasteiger partial charge in [0.2, 0.25) is 0 Å². The first-order chi connectivity index (χ1) is 14.7. The highest BCUT2D eigenvalue weighted by Crippen LogP contribution is 2.42. The predicted octanol–water partition coefficient (Wildman–Crippen LogP) is 5.86. The van der Waals surface area contributed by atoms with Crippen molar-refractivity contribution in [2.75, 3.05) is 4.90 Å². The van der Waals surface area contributed by atoms with Crippen LogP contribution in [0.4, 0.5) is 5.69 Å². The second-order valence-corrected chi connectivity index (χ2v) is 8.92. The van der Waals surface area contributed by atoms with E-state index in [9.17, 15) is 14.7 Å². The predicted molar refractivity (Wildman–Crippen MR) is 120 cm³/mol. The van der Waals surface area contributed by atoms with Gasteiger partial charge in [-0.15, -0.1) is 0 Å². The van der Waals surface area contributed by atoms with Crippen LogP contribution in [0.5, 0.6) is 0 Å². The summed E-state index contributed by atoms with van der Waals surface area (Å²) in [6, 6.07) is 16.4. The molecule has 2 aromatic carbocycles. The van der Waals surface area contributed by atoms with E-state index in [2.05, 4.69) is 20.8 Å². The summed E-state index contributed by atoms with van der Waals surface area (Å²) in [5.74, 6) is -1.38. The molecule has 31 heavy (non-hydrogen) atoms. The second kappa shape index (κ2) is 7.75. The summed E-state index contributed by atoms with van der Waals surface area (Å²) in [6.45, 7) is 6.30. The van der Waals surface area contributed by atoms with E-state index < -0.39 is 17.7 Å². The zero-order valence-electron chi connectivity index (χ0n) is 17.4. The lowest BCUT2D eigenvalue weighted by atomic mass is 9.87. The number of benzene rings is 2. The normalized spacial score (nSPS) is 18.6. The summed E-state index contributed by atoms with van der Waals surface area (Å²) < 4.78 is 5.57. The van der Waals surface area contributed by atoms with E-state index in [1.807, 2.05) is 24.3 Å². The van der Waals surface area contributed by atoms with E-state index in [4.69, 9.17) is 16.0 Å². The zero-order valence-corrected chi connectivity index (χ0v) is 18.2. The molecule has 1 aromatic heterocycles. The molecule has 5 nitrogen and oxygen atoms in total. The van der Waals surface area contributed by atoms with Crippen LogP contribution in [0.25, 0.3) is 5.76 Å². The van der Waals surface area contributed by atoms with Crippen LogP contribution >= 0.6 is 11.6 Å². The molecule has 2 heterocycles. The van der Waals surface area contributed by atoms with Gasteiger partial charge in [0.1, 0.15) is 17.6 Å². The number of hydrogen-bond acceptors (Lipinski definition) is 4. The van der Waals surface area contributed by atoms with Crippen LogP contribution in [0.1, 0.15) is 43.7 Å².